The van der Waals surface area contributed by atoms with Crippen LogP contribution in [0.25, 0.3) is 22.3 Å². The lowest BCUT2D eigenvalue weighted by molar-refractivity contribution is 0.475. The van der Waals surface area contributed by atoms with Gasteiger partial charge in [-0.25, -0.2) is 0 Å². The normalized spacial score (nSPS) is 10.8. The summed E-state index contributed by atoms with van der Waals surface area (Å²) in [5, 5.41) is 9.90. The maximum atomic E-state index is 12.2. The van der Waals surface area contributed by atoms with Gasteiger partial charge in [0.05, 0.1) is 5.39 Å². The van der Waals surface area contributed by atoms with Gasteiger partial charge in [-0.3, -0.25) is 4.79 Å². The Morgan fingerprint density at radius 1 is 1.05 bits per heavy atom. The van der Waals surface area contributed by atoms with E-state index in [2.05, 4.69) is 0 Å². The number of fused-ring (bicyclic) bond motifs is 1. The second-order valence-electron chi connectivity index (χ2n) is 4.71. The predicted octanol–water partition coefficient (Wildman–Crippen LogP) is 3.73. The van der Waals surface area contributed by atoms with Gasteiger partial charge >= 0.3 is 0 Å². The minimum absolute atomic E-state index is 0.0513. The maximum absolute atomic E-state index is 12.2. The molecule has 0 aliphatic rings. The zero-order valence-corrected chi connectivity index (χ0v) is 11.1. The Hall–Kier alpha value is -2.55. The standard InChI is InChI=1S/C17H14O3/c1-2-11-3-8-16-14(9-11)15(19)10-17(20-16)12-4-6-13(18)7-5-12/h3-10,18H,2H2,1H3. The number of phenols is 1. The Labute approximate surface area is 116 Å². The Balaban J connectivity index is 2.19. The van der Waals surface area contributed by atoms with Crippen molar-refractivity contribution in [3.05, 3.63) is 64.3 Å². The van der Waals surface area contributed by atoms with Crippen molar-refractivity contribution in [1.29, 1.82) is 0 Å². The van der Waals surface area contributed by atoms with Gasteiger partial charge in [0.1, 0.15) is 17.1 Å². The van der Waals surface area contributed by atoms with Gasteiger partial charge in [-0.05, 0) is 48.4 Å². The van der Waals surface area contributed by atoms with Crippen LogP contribution in [0.15, 0.2) is 57.7 Å². The lowest BCUT2D eigenvalue weighted by Crippen LogP contribution is -2.01. The SMILES string of the molecule is CCc1ccc2oc(-c3ccc(O)cc3)cc(=O)c2c1. The van der Waals surface area contributed by atoms with Crippen molar-refractivity contribution in [2.75, 3.05) is 0 Å². The molecule has 0 atom stereocenters. The van der Waals surface area contributed by atoms with E-state index in [1.54, 1.807) is 24.3 Å². The van der Waals surface area contributed by atoms with Gasteiger partial charge in [-0.1, -0.05) is 13.0 Å². The smallest absolute Gasteiger partial charge is 0.193 e. The molecule has 0 aliphatic heterocycles. The van der Waals surface area contributed by atoms with E-state index in [0.717, 1.165) is 17.5 Å². The third-order valence-corrected chi connectivity index (χ3v) is 3.35. The largest absolute Gasteiger partial charge is 0.508 e. The minimum atomic E-state index is -0.0513. The lowest BCUT2D eigenvalue weighted by atomic mass is 10.1. The van der Waals surface area contributed by atoms with Crippen molar-refractivity contribution >= 4 is 11.0 Å². The average molecular weight is 266 g/mol. The van der Waals surface area contributed by atoms with E-state index < -0.39 is 0 Å². The van der Waals surface area contributed by atoms with Crippen LogP contribution in [0.1, 0.15) is 12.5 Å². The molecular weight excluding hydrogens is 252 g/mol. The summed E-state index contributed by atoms with van der Waals surface area (Å²) in [6.45, 7) is 2.05. The van der Waals surface area contributed by atoms with Crippen molar-refractivity contribution in [2.45, 2.75) is 13.3 Å². The highest BCUT2D eigenvalue weighted by molar-refractivity contribution is 5.79. The van der Waals surface area contributed by atoms with Gasteiger partial charge in [0.25, 0.3) is 0 Å². The molecule has 1 aromatic heterocycles. The van der Waals surface area contributed by atoms with Crippen molar-refractivity contribution in [2.24, 2.45) is 0 Å². The Morgan fingerprint density at radius 2 is 1.80 bits per heavy atom. The Morgan fingerprint density at radius 3 is 2.50 bits per heavy atom. The van der Waals surface area contributed by atoms with Crippen LogP contribution < -0.4 is 5.43 Å². The summed E-state index contributed by atoms with van der Waals surface area (Å²) in [5.41, 5.74) is 2.41. The van der Waals surface area contributed by atoms with Gasteiger partial charge in [-0.2, -0.15) is 0 Å². The Bertz CT molecular complexity index is 814. The maximum Gasteiger partial charge on any atom is 0.193 e. The molecule has 0 bridgehead atoms. The predicted molar refractivity (Wildman–Crippen MR) is 79.0 cm³/mol. The second kappa shape index (κ2) is 4.85. The van der Waals surface area contributed by atoms with E-state index in [4.69, 9.17) is 4.42 Å². The number of benzene rings is 2. The summed E-state index contributed by atoms with van der Waals surface area (Å²) in [6.07, 6.45) is 0.884. The molecule has 20 heavy (non-hydrogen) atoms. The van der Waals surface area contributed by atoms with Crippen molar-refractivity contribution in [3.8, 4) is 17.1 Å². The molecule has 0 fully saturated rings. The molecule has 3 nitrogen and oxygen atoms in total. The summed E-state index contributed by atoms with van der Waals surface area (Å²) in [7, 11) is 0. The molecule has 3 aromatic rings. The number of aryl methyl sites for hydroxylation is 1. The minimum Gasteiger partial charge on any atom is -0.508 e. The first-order valence-electron chi connectivity index (χ1n) is 6.53. The van der Waals surface area contributed by atoms with Crippen LogP contribution in [-0.2, 0) is 6.42 Å². The molecule has 0 radical (unpaired) electrons. The summed E-state index contributed by atoms with van der Waals surface area (Å²) in [6, 6.07) is 13.8. The number of phenolic OH excluding ortho intramolecular Hbond substituents is 1. The highest BCUT2D eigenvalue weighted by Crippen LogP contribution is 2.24. The molecule has 1 heterocycles. The highest BCUT2D eigenvalue weighted by Gasteiger charge is 2.07. The number of rotatable bonds is 2. The average Bonchev–Trinajstić information content (AvgIpc) is 2.47. The van der Waals surface area contributed by atoms with Crippen LogP contribution in [0.5, 0.6) is 5.75 Å². The third kappa shape index (κ3) is 2.18. The van der Waals surface area contributed by atoms with Crippen LogP contribution in [0.4, 0.5) is 0 Å². The molecule has 0 amide bonds. The molecule has 2 aromatic carbocycles. The summed E-state index contributed by atoms with van der Waals surface area (Å²) >= 11 is 0. The molecule has 0 spiro atoms. The van der Waals surface area contributed by atoms with E-state index in [1.807, 2.05) is 25.1 Å². The Kier molecular flexibility index (Phi) is 3.03. The lowest BCUT2D eigenvalue weighted by Gasteiger charge is -2.04. The van der Waals surface area contributed by atoms with Crippen molar-refractivity contribution < 1.29 is 9.52 Å². The van der Waals surface area contributed by atoms with Gasteiger partial charge in [0.2, 0.25) is 0 Å². The van der Waals surface area contributed by atoms with Crippen LogP contribution >= 0.6 is 0 Å². The summed E-state index contributed by atoms with van der Waals surface area (Å²) in [4.78, 5) is 12.2. The fourth-order valence-electron chi connectivity index (χ4n) is 2.19. The number of aromatic hydroxyl groups is 1. The topological polar surface area (TPSA) is 50.4 Å². The second-order valence-corrected chi connectivity index (χ2v) is 4.71. The van der Waals surface area contributed by atoms with Gasteiger partial charge in [0, 0.05) is 11.6 Å². The first-order chi connectivity index (χ1) is 9.67. The zero-order chi connectivity index (χ0) is 14.1. The fraction of sp³-hybridized carbons (Fsp3) is 0.118. The zero-order valence-electron chi connectivity index (χ0n) is 11.1. The third-order valence-electron chi connectivity index (χ3n) is 3.35. The quantitative estimate of drug-likeness (QED) is 0.769. The molecular formula is C17H14O3. The number of hydrogen-bond donors (Lipinski definition) is 1. The van der Waals surface area contributed by atoms with Gasteiger partial charge in [-0.15, -0.1) is 0 Å². The molecule has 1 N–H and O–H groups in total. The molecule has 0 aliphatic carbocycles. The van der Waals surface area contributed by atoms with E-state index in [1.165, 1.54) is 6.07 Å². The fourth-order valence-corrected chi connectivity index (χ4v) is 2.19. The van der Waals surface area contributed by atoms with Crippen LogP contribution in [-0.4, -0.2) is 5.11 Å². The van der Waals surface area contributed by atoms with E-state index in [0.29, 0.717) is 16.7 Å². The molecule has 0 unspecified atom stereocenters. The molecule has 0 saturated heterocycles. The van der Waals surface area contributed by atoms with E-state index in [9.17, 15) is 9.90 Å². The first-order valence-corrected chi connectivity index (χ1v) is 6.53. The molecule has 100 valence electrons. The highest BCUT2D eigenvalue weighted by atomic mass is 16.3. The first kappa shape index (κ1) is 12.5. The van der Waals surface area contributed by atoms with E-state index >= 15 is 0 Å². The van der Waals surface area contributed by atoms with Crippen LogP contribution in [0.3, 0.4) is 0 Å². The van der Waals surface area contributed by atoms with Crippen molar-refractivity contribution in [3.63, 3.8) is 0 Å². The monoisotopic (exact) mass is 266 g/mol. The van der Waals surface area contributed by atoms with Crippen molar-refractivity contribution in [1.82, 2.24) is 0 Å². The van der Waals surface area contributed by atoms with Crippen LogP contribution in [0, 0.1) is 0 Å². The van der Waals surface area contributed by atoms with E-state index in [-0.39, 0.29) is 11.2 Å². The van der Waals surface area contributed by atoms with Gasteiger partial charge in [0.15, 0.2) is 5.43 Å². The molecule has 3 rings (SSSR count). The molecule has 0 saturated carbocycles. The molecule has 3 heteroatoms. The van der Waals surface area contributed by atoms with Crippen LogP contribution in [0.2, 0.25) is 0 Å². The summed E-state index contributed by atoms with van der Waals surface area (Å²) in [5.74, 6) is 0.691. The van der Waals surface area contributed by atoms with Gasteiger partial charge < -0.3 is 9.52 Å². The summed E-state index contributed by atoms with van der Waals surface area (Å²) < 4.78 is 5.79. The number of hydrogen-bond acceptors (Lipinski definition) is 3.